The molecule has 1 aromatic carbocycles. The van der Waals surface area contributed by atoms with E-state index in [4.69, 9.17) is 9.84 Å². The van der Waals surface area contributed by atoms with Crippen molar-refractivity contribution in [1.82, 2.24) is 4.90 Å². The van der Waals surface area contributed by atoms with Gasteiger partial charge in [-0.15, -0.1) is 0 Å². The van der Waals surface area contributed by atoms with E-state index < -0.39 is 5.97 Å². The Kier molecular flexibility index (Phi) is 5.51. The van der Waals surface area contributed by atoms with Crippen molar-refractivity contribution in [3.8, 4) is 0 Å². The second-order valence-electron chi connectivity index (χ2n) is 4.51. The number of benzene rings is 1. The van der Waals surface area contributed by atoms with Gasteiger partial charge in [0, 0.05) is 18.7 Å². The molecular weight excluding hydrogens is 246 g/mol. The average molecular weight is 265 g/mol. The minimum Gasteiger partial charge on any atom is -0.480 e. The van der Waals surface area contributed by atoms with Crippen LogP contribution in [0.15, 0.2) is 24.3 Å². The first-order valence-corrected chi connectivity index (χ1v) is 6.07. The topological polar surface area (TPSA) is 66.8 Å². The van der Waals surface area contributed by atoms with E-state index in [-0.39, 0.29) is 18.5 Å². The van der Waals surface area contributed by atoms with Crippen LogP contribution in [0.3, 0.4) is 0 Å². The molecule has 1 N–H and O–H groups in total. The van der Waals surface area contributed by atoms with E-state index in [0.29, 0.717) is 12.2 Å². The summed E-state index contributed by atoms with van der Waals surface area (Å²) in [4.78, 5) is 24.6. The van der Waals surface area contributed by atoms with Gasteiger partial charge in [-0.1, -0.05) is 18.2 Å². The lowest BCUT2D eigenvalue weighted by Crippen LogP contribution is -2.41. The van der Waals surface area contributed by atoms with Gasteiger partial charge in [-0.3, -0.25) is 9.59 Å². The Hall–Kier alpha value is -1.88. The maximum absolute atomic E-state index is 12.4. The molecule has 0 aliphatic heterocycles. The molecule has 0 atom stereocenters. The highest BCUT2D eigenvalue weighted by Gasteiger charge is 2.23. The maximum atomic E-state index is 12.4. The van der Waals surface area contributed by atoms with Gasteiger partial charge in [0.25, 0.3) is 5.91 Å². The van der Waals surface area contributed by atoms with Crippen LogP contribution in [-0.4, -0.2) is 41.6 Å². The van der Waals surface area contributed by atoms with Crippen molar-refractivity contribution >= 4 is 11.9 Å². The number of hydrogen-bond acceptors (Lipinski definition) is 3. The number of methoxy groups -OCH3 is 1. The van der Waals surface area contributed by atoms with Crippen LogP contribution in [0.2, 0.25) is 0 Å². The molecule has 5 nitrogen and oxygen atoms in total. The second-order valence-corrected chi connectivity index (χ2v) is 4.51. The van der Waals surface area contributed by atoms with E-state index in [9.17, 15) is 9.59 Å². The van der Waals surface area contributed by atoms with Crippen molar-refractivity contribution in [2.75, 3.05) is 13.7 Å². The number of nitrogens with zero attached hydrogens (tertiary/aromatic N) is 1. The number of ether oxygens (including phenoxy) is 1. The fraction of sp³-hybridized carbons (Fsp3) is 0.429. The van der Waals surface area contributed by atoms with Crippen molar-refractivity contribution in [3.05, 3.63) is 35.4 Å². The van der Waals surface area contributed by atoms with Gasteiger partial charge in [-0.25, -0.2) is 0 Å². The van der Waals surface area contributed by atoms with Crippen LogP contribution in [-0.2, 0) is 16.1 Å². The number of carboxylic acids is 1. The van der Waals surface area contributed by atoms with Gasteiger partial charge >= 0.3 is 5.97 Å². The molecule has 0 saturated heterocycles. The summed E-state index contributed by atoms with van der Waals surface area (Å²) in [5, 5.41) is 8.88. The van der Waals surface area contributed by atoms with E-state index in [1.165, 1.54) is 4.90 Å². The molecule has 0 spiro atoms. The maximum Gasteiger partial charge on any atom is 0.323 e. The number of amides is 1. The molecule has 0 radical (unpaired) electrons. The Balaban J connectivity index is 3.05. The lowest BCUT2D eigenvalue weighted by atomic mass is 10.1. The van der Waals surface area contributed by atoms with E-state index in [0.717, 1.165) is 5.56 Å². The lowest BCUT2D eigenvalue weighted by molar-refractivity contribution is -0.138. The molecule has 0 fully saturated rings. The van der Waals surface area contributed by atoms with Crippen LogP contribution >= 0.6 is 0 Å². The van der Waals surface area contributed by atoms with E-state index in [1.54, 1.807) is 39.2 Å². The van der Waals surface area contributed by atoms with Crippen molar-refractivity contribution in [2.24, 2.45) is 0 Å². The van der Waals surface area contributed by atoms with Crippen molar-refractivity contribution < 1.29 is 19.4 Å². The summed E-state index contributed by atoms with van der Waals surface area (Å²) in [5.74, 6) is -1.31. The Morgan fingerprint density at radius 2 is 1.95 bits per heavy atom. The Labute approximate surface area is 112 Å². The minimum absolute atomic E-state index is 0.181. The zero-order valence-electron chi connectivity index (χ0n) is 11.4. The molecule has 0 heterocycles. The van der Waals surface area contributed by atoms with Crippen LogP contribution in [0.1, 0.15) is 29.8 Å². The summed E-state index contributed by atoms with van der Waals surface area (Å²) < 4.78 is 5.05. The molecule has 1 amide bonds. The van der Waals surface area contributed by atoms with Crippen LogP contribution in [0.25, 0.3) is 0 Å². The molecule has 0 saturated carbocycles. The van der Waals surface area contributed by atoms with Crippen LogP contribution in [0.4, 0.5) is 0 Å². The fourth-order valence-electron chi connectivity index (χ4n) is 1.80. The second kappa shape index (κ2) is 6.89. The van der Waals surface area contributed by atoms with Gasteiger partial charge in [0.05, 0.1) is 6.61 Å². The highest BCUT2D eigenvalue weighted by atomic mass is 16.5. The zero-order chi connectivity index (χ0) is 14.4. The van der Waals surface area contributed by atoms with Gasteiger partial charge in [-0.05, 0) is 25.5 Å². The third kappa shape index (κ3) is 4.06. The number of carbonyl (C=O) groups is 2. The van der Waals surface area contributed by atoms with Gasteiger partial charge < -0.3 is 14.7 Å². The first-order chi connectivity index (χ1) is 8.97. The third-order valence-electron chi connectivity index (χ3n) is 2.74. The van der Waals surface area contributed by atoms with E-state index in [1.807, 2.05) is 6.07 Å². The normalized spacial score (nSPS) is 10.5. The summed E-state index contributed by atoms with van der Waals surface area (Å²) >= 11 is 0. The molecule has 0 bridgehead atoms. The Morgan fingerprint density at radius 3 is 2.47 bits per heavy atom. The standard InChI is InChI=1S/C14H19NO4/c1-10(2)15(8-13(16)17)14(18)12-7-5-4-6-11(12)9-19-3/h4-7,10H,8-9H2,1-3H3,(H,16,17). The van der Waals surface area contributed by atoms with Crippen LogP contribution in [0, 0.1) is 0 Å². The lowest BCUT2D eigenvalue weighted by Gasteiger charge is -2.25. The van der Waals surface area contributed by atoms with Crippen molar-refractivity contribution in [1.29, 1.82) is 0 Å². The smallest absolute Gasteiger partial charge is 0.323 e. The van der Waals surface area contributed by atoms with Crippen molar-refractivity contribution in [3.63, 3.8) is 0 Å². The number of rotatable bonds is 6. The summed E-state index contributed by atoms with van der Waals surface area (Å²) in [6.45, 7) is 3.60. The zero-order valence-corrected chi connectivity index (χ0v) is 11.4. The predicted molar refractivity (Wildman–Crippen MR) is 71.0 cm³/mol. The quantitative estimate of drug-likeness (QED) is 0.851. The predicted octanol–water partition coefficient (Wildman–Crippen LogP) is 1.77. The number of carbonyl (C=O) groups excluding carboxylic acids is 1. The SMILES string of the molecule is COCc1ccccc1C(=O)N(CC(=O)O)C(C)C. The van der Waals surface area contributed by atoms with E-state index in [2.05, 4.69) is 0 Å². The first kappa shape index (κ1) is 15.2. The highest BCUT2D eigenvalue weighted by molar-refractivity contribution is 5.97. The number of hydrogen-bond donors (Lipinski definition) is 1. The van der Waals surface area contributed by atoms with E-state index >= 15 is 0 Å². The molecule has 104 valence electrons. The molecule has 0 aliphatic carbocycles. The summed E-state index contributed by atoms with van der Waals surface area (Å²) in [6, 6.07) is 6.89. The molecule has 0 aromatic heterocycles. The molecule has 19 heavy (non-hydrogen) atoms. The molecule has 1 rings (SSSR count). The summed E-state index contributed by atoms with van der Waals surface area (Å²) in [5.41, 5.74) is 1.24. The monoisotopic (exact) mass is 265 g/mol. The Morgan fingerprint density at radius 1 is 1.32 bits per heavy atom. The Bertz CT molecular complexity index is 457. The minimum atomic E-state index is -1.02. The molecule has 0 aliphatic rings. The van der Waals surface area contributed by atoms with Crippen LogP contribution in [0.5, 0.6) is 0 Å². The average Bonchev–Trinajstić information content (AvgIpc) is 2.36. The van der Waals surface area contributed by atoms with Crippen LogP contribution < -0.4 is 0 Å². The van der Waals surface area contributed by atoms with Gasteiger partial charge in [0.1, 0.15) is 6.54 Å². The largest absolute Gasteiger partial charge is 0.480 e. The van der Waals surface area contributed by atoms with Gasteiger partial charge in [0.2, 0.25) is 0 Å². The fourth-order valence-corrected chi connectivity index (χ4v) is 1.80. The number of carboxylic acid groups (broad SMARTS) is 1. The van der Waals surface area contributed by atoms with Gasteiger partial charge in [0.15, 0.2) is 0 Å². The molecule has 5 heteroatoms. The molecule has 0 unspecified atom stereocenters. The highest BCUT2D eigenvalue weighted by Crippen LogP contribution is 2.14. The van der Waals surface area contributed by atoms with Gasteiger partial charge in [-0.2, -0.15) is 0 Å². The summed E-state index contributed by atoms with van der Waals surface area (Å²) in [7, 11) is 1.55. The first-order valence-electron chi connectivity index (χ1n) is 6.07. The summed E-state index contributed by atoms with van der Waals surface area (Å²) in [6.07, 6.45) is 0. The number of aliphatic carboxylic acids is 1. The molecule has 1 aromatic rings. The molecular formula is C14H19NO4. The third-order valence-corrected chi connectivity index (χ3v) is 2.74. The van der Waals surface area contributed by atoms with Crippen molar-refractivity contribution in [2.45, 2.75) is 26.5 Å².